The number of amides is 1. The highest BCUT2D eigenvalue weighted by Gasteiger charge is 2.28. The minimum Gasteiger partial charge on any atom is -0.493 e. The molecule has 7 heteroatoms. The third-order valence-corrected chi connectivity index (χ3v) is 4.51. The minimum absolute atomic E-state index is 0.0472. The van der Waals surface area contributed by atoms with Crippen molar-refractivity contribution >= 4 is 5.91 Å². The number of H-pyrrole nitrogens is 1. The molecule has 2 unspecified atom stereocenters. The van der Waals surface area contributed by atoms with Gasteiger partial charge in [-0.05, 0) is 37.5 Å². The van der Waals surface area contributed by atoms with Gasteiger partial charge in [-0.1, -0.05) is 6.07 Å². The summed E-state index contributed by atoms with van der Waals surface area (Å²) in [5.41, 5.74) is 2.85. The molecule has 1 aromatic carbocycles. The third-order valence-electron chi connectivity index (χ3n) is 4.51. The van der Waals surface area contributed by atoms with Crippen LogP contribution in [0.1, 0.15) is 36.3 Å². The molecule has 1 heterocycles. The summed E-state index contributed by atoms with van der Waals surface area (Å²) in [5.74, 6) is 1.31. The number of aryl methyl sites for hydroxylation is 1. The van der Waals surface area contributed by atoms with E-state index in [0.29, 0.717) is 17.9 Å². The first kappa shape index (κ1) is 16.3. The maximum Gasteiger partial charge on any atom is 0.223 e. The zero-order valence-corrected chi connectivity index (χ0v) is 14.1. The lowest BCUT2D eigenvalue weighted by molar-refractivity contribution is -0.126. The van der Waals surface area contributed by atoms with Gasteiger partial charge in [-0.2, -0.15) is 15.4 Å². The molecule has 2 aromatic rings. The van der Waals surface area contributed by atoms with Gasteiger partial charge < -0.3 is 14.8 Å². The number of hydrogen-bond donors (Lipinski definition) is 2. The van der Waals surface area contributed by atoms with Crippen molar-refractivity contribution in [2.24, 2.45) is 5.92 Å². The molecule has 0 aliphatic heterocycles. The Balaban J connectivity index is 1.66. The van der Waals surface area contributed by atoms with Crippen molar-refractivity contribution in [1.82, 2.24) is 20.7 Å². The van der Waals surface area contributed by atoms with Crippen LogP contribution in [-0.4, -0.2) is 35.5 Å². The summed E-state index contributed by atoms with van der Waals surface area (Å²) in [4.78, 5) is 12.6. The fourth-order valence-corrected chi connectivity index (χ4v) is 3.05. The highest BCUT2D eigenvalue weighted by molar-refractivity contribution is 5.79. The first-order valence-electron chi connectivity index (χ1n) is 8.03. The fourth-order valence-electron chi connectivity index (χ4n) is 3.05. The Kier molecular flexibility index (Phi) is 4.69. The largest absolute Gasteiger partial charge is 0.493 e. The molecular weight excluding hydrogens is 308 g/mol. The van der Waals surface area contributed by atoms with Gasteiger partial charge in [0.25, 0.3) is 0 Å². The molecule has 0 saturated heterocycles. The molecule has 0 bridgehead atoms. The lowest BCUT2D eigenvalue weighted by Gasteiger charge is -2.23. The van der Waals surface area contributed by atoms with Crippen molar-refractivity contribution in [3.05, 3.63) is 35.2 Å². The third kappa shape index (κ3) is 3.20. The topological polar surface area (TPSA) is 89.1 Å². The zero-order chi connectivity index (χ0) is 17.1. The number of carbonyl (C=O) groups is 1. The molecule has 128 valence electrons. The molecule has 2 N–H and O–H groups in total. The van der Waals surface area contributed by atoms with Crippen molar-refractivity contribution in [2.45, 2.75) is 32.2 Å². The number of hydrogen-bond acceptors (Lipinski definition) is 5. The second-order valence-electron chi connectivity index (χ2n) is 6.00. The molecule has 0 saturated carbocycles. The summed E-state index contributed by atoms with van der Waals surface area (Å²) >= 11 is 0. The first-order chi connectivity index (χ1) is 11.6. The molecule has 0 spiro atoms. The van der Waals surface area contributed by atoms with E-state index in [-0.39, 0.29) is 17.9 Å². The van der Waals surface area contributed by atoms with E-state index in [1.807, 2.05) is 25.1 Å². The number of ether oxygens (including phenoxy) is 2. The summed E-state index contributed by atoms with van der Waals surface area (Å²) in [5, 5.41) is 13.9. The Morgan fingerprint density at radius 3 is 2.75 bits per heavy atom. The molecule has 1 aliphatic carbocycles. The molecule has 1 aromatic heterocycles. The lowest BCUT2D eigenvalue weighted by atomic mass is 9.89. The summed E-state index contributed by atoms with van der Waals surface area (Å²) in [6, 6.07) is 5.55. The van der Waals surface area contributed by atoms with Gasteiger partial charge >= 0.3 is 0 Å². The van der Waals surface area contributed by atoms with Crippen LogP contribution in [0.15, 0.2) is 18.2 Å². The number of aromatic amines is 1. The Bertz CT molecular complexity index is 728. The van der Waals surface area contributed by atoms with Crippen LogP contribution in [0, 0.1) is 5.92 Å². The second-order valence-corrected chi connectivity index (χ2v) is 6.00. The Morgan fingerprint density at radius 2 is 2.00 bits per heavy atom. The van der Waals surface area contributed by atoms with E-state index >= 15 is 0 Å². The second kappa shape index (κ2) is 6.90. The molecule has 3 rings (SSSR count). The van der Waals surface area contributed by atoms with Crippen molar-refractivity contribution in [2.75, 3.05) is 14.2 Å². The highest BCUT2D eigenvalue weighted by atomic mass is 16.5. The van der Waals surface area contributed by atoms with Crippen molar-refractivity contribution in [3.63, 3.8) is 0 Å². The zero-order valence-electron chi connectivity index (χ0n) is 14.1. The number of nitrogens with one attached hydrogen (secondary N) is 2. The van der Waals surface area contributed by atoms with E-state index in [1.54, 1.807) is 14.2 Å². The molecule has 0 fully saturated rings. The van der Waals surface area contributed by atoms with Crippen LogP contribution in [0.2, 0.25) is 0 Å². The van der Waals surface area contributed by atoms with E-state index in [0.717, 1.165) is 29.8 Å². The van der Waals surface area contributed by atoms with Gasteiger partial charge in [0.2, 0.25) is 5.91 Å². The predicted molar refractivity (Wildman–Crippen MR) is 88.0 cm³/mol. The van der Waals surface area contributed by atoms with Gasteiger partial charge in [0.1, 0.15) is 0 Å². The van der Waals surface area contributed by atoms with Crippen LogP contribution in [-0.2, 0) is 17.6 Å². The van der Waals surface area contributed by atoms with Crippen LogP contribution in [0.25, 0.3) is 0 Å². The van der Waals surface area contributed by atoms with Gasteiger partial charge in [-0.25, -0.2) is 0 Å². The van der Waals surface area contributed by atoms with Crippen molar-refractivity contribution in [1.29, 1.82) is 0 Å². The fraction of sp³-hybridized carbons (Fsp3) is 0.471. The standard InChI is InChI=1S/C17H22N4O3/c1-10(11-5-7-15(23-2)16(9-11)24-3)18-17(22)12-4-6-13-14(8-12)20-21-19-13/h5,7,9-10,12H,4,6,8H2,1-3H3,(H,18,22)(H,19,20,21). The van der Waals surface area contributed by atoms with Gasteiger partial charge in [0, 0.05) is 12.3 Å². The van der Waals surface area contributed by atoms with Gasteiger partial charge in [-0.3, -0.25) is 4.79 Å². The van der Waals surface area contributed by atoms with Crippen molar-refractivity contribution in [3.8, 4) is 11.5 Å². The Hall–Kier alpha value is -2.57. The number of nitrogens with zero attached hydrogens (tertiary/aromatic N) is 2. The van der Waals surface area contributed by atoms with Crippen LogP contribution >= 0.6 is 0 Å². The average Bonchev–Trinajstić information content (AvgIpc) is 3.08. The quantitative estimate of drug-likeness (QED) is 0.873. The van der Waals surface area contributed by atoms with Crippen LogP contribution < -0.4 is 14.8 Å². The normalized spacial score (nSPS) is 17.7. The van der Waals surface area contributed by atoms with Crippen LogP contribution in [0.3, 0.4) is 0 Å². The average molecular weight is 330 g/mol. The van der Waals surface area contributed by atoms with Gasteiger partial charge in [-0.15, -0.1) is 0 Å². The molecule has 1 aliphatic rings. The van der Waals surface area contributed by atoms with Gasteiger partial charge in [0.05, 0.1) is 31.6 Å². The summed E-state index contributed by atoms with van der Waals surface area (Å²) in [6.45, 7) is 1.96. The van der Waals surface area contributed by atoms with E-state index in [1.165, 1.54) is 0 Å². The summed E-state index contributed by atoms with van der Waals surface area (Å²) in [6.07, 6.45) is 2.22. The Labute approximate surface area is 140 Å². The number of carbonyl (C=O) groups excluding carboxylic acids is 1. The molecule has 7 nitrogen and oxygen atoms in total. The number of fused-ring (bicyclic) bond motifs is 1. The maximum absolute atomic E-state index is 12.6. The smallest absolute Gasteiger partial charge is 0.223 e. The lowest BCUT2D eigenvalue weighted by Crippen LogP contribution is -2.35. The van der Waals surface area contributed by atoms with Crippen molar-refractivity contribution < 1.29 is 14.3 Å². The number of benzene rings is 1. The van der Waals surface area contributed by atoms with Crippen LogP contribution in [0.4, 0.5) is 0 Å². The van der Waals surface area contributed by atoms with E-state index < -0.39 is 0 Å². The Morgan fingerprint density at radius 1 is 1.25 bits per heavy atom. The van der Waals surface area contributed by atoms with Gasteiger partial charge in [0.15, 0.2) is 11.5 Å². The van der Waals surface area contributed by atoms with E-state index in [4.69, 9.17) is 9.47 Å². The predicted octanol–water partition coefficient (Wildman–Crippen LogP) is 1.80. The molecule has 0 radical (unpaired) electrons. The summed E-state index contributed by atoms with van der Waals surface area (Å²) < 4.78 is 10.6. The number of aromatic nitrogens is 3. The van der Waals surface area contributed by atoms with E-state index in [9.17, 15) is 4.79 Å². The molecule has 24 heavy (non-hydrogen) atoms. The first-order valence-corrected chi connectivity index (χ1v) is 8.03. The molecule has 2 atom stereocenters. The molecular formula is C17H22N4O3. The van der Waals surface area contributed by atoms with Crippen LogP contribution in [0.5, 0.6) is 11.5 Å². The number of rotatable bonds is 5. The minimum atomic E-state index is -0.115. The number of methoxy groups -OCH3 is 2. The highest BCUT2D eigenvalue weighted by Crippen LogP contribution is 2.30. The molecule has 1 amide bonds. The monoisotopic (exact) mass is 330 g/mol. The SMILES string of the molecule is COc1ccc(C(C)NC(=O)C2CCc3n[nH]nc3C2)cc1OC. The summed E-state index contributed by atoms with van der Waals surface area (Å²) in [7, 11) is 3.20. The maximum atomic E-state index is 12.6. The van der Waals surface area contributed by atoms with E-state index in [2.05, 4.69) is 20.7 Å².